The van der Waals surface area contributed by atoms with Gasteiger partial charge in [0.05, 0.1) is 15.5 Å². The molecular weight excluding hydrogens is 345 g/mol. The van der Waals surface area contributed by atoms with E-state index in [9.17, 15) is 19.6 Å². The van der Waals surface area contributed by atoms with Crippen LogP contribution in [0.5, 0.6) is 0 Å². The molecular formula is C13H17BrFN3O3. The van der Waals surface area contributed by atoms with Crippen molar-refractivity contribution < 1.29 is 14.4 Å². The highest BCUT2D eigenvalue weighted by Crippen LogP contribution is 2.37. The first-order chi connectivity index (χ1) is 9.79. The molecule has 1 N–H and O–H groups in total. The van der Waals surface area contributed by atoms with Crippen molar-refractivity contribution in [3.8, 4) is 0 Å². The molecule has 1 heterocycles. The molecule has 0 saturated carbocycles. The van der Waals surface area contributed by atoms with E-state index in [0.29, 0.717) is 13.0 Å². The number of benzene rings is 1. The molecule has 1 aliphatic heterocycles. The first kappa shape index (κ1) is 16.1. The molecule has 0 spiro atoms. The van der Waals surface area contributed by atoms with Gasteiger partial charge in [-0.15, -0.1) is 0 Å². The Bertz CT molecular complexity index is 556. The van der Waals surface area contributed by atoms with Crippen LogP contribution in [0.1, 0.15) is 6.42 Å². The molecule has 1 fully saturated rings. The average molecular weight is 362 g/mol. The highest BCUT2D eigenvalue weighted by atomic mass is 79.9. The molecule has 0 radical (unpaired) electrons. The van der Waals surface area contributed by atoms with Gasteiger partial charge in [-0.2, -0.15) is 0 Å². The number of likely N-dealkylation sites (N-methyl/N-ethyl adjacent to an activating group) is 1. The Morgan fingerprint density at radius 3 is 2.81 bits per heavy atom. The van der Waals surface area contributed by atoms with Gasteiger partial charge in [0.1, 0.15) is 11.5 Å². The summed E-state index contributed by atoms with van der Waals surface area (Å²) in [6.45, 7) is 0.895. The summed E-state index contributed by atoms with van der Waals surface area (Å²) < 4.78 is 13.9. The quantitative estimate of drug-likeness (QED) is 0.656. The fourth-order valence-corrected chi connectivity index (χ4v) is 3.02. The van der Waals surface area contributed by atoms with Crippen molar-refractivity contribution in [1.82, 2.24) is 4.90 Å². The summed E-state index contributed by atoms with van der Waals surface area (Å²) in [7, 11) is 3.78. The summed E-state index contributed by atoms with van der Waals surface area (Å²) in [5.41, 5.74) is 0.0465. The summed E-state index contributed by atoms with van der Waals surface area (Å²) >= 11 is 2.97. The molecule has 1 aliphatic rings. The Morgan fingerprint density at radius 1 is 1.57 bits per heavy atom. The molecule has 21 heavy (non-hydrogen) atoms. The third-order valence-electron chi connectivity index (χ3n) is 3.49. The molecule has 0 bridgehead atoms. The second kappa shape index (κ2) is 6.25. The summed E-state index contributed by atoms with van der Waals surface area (Å²) in [4.78, 5) is 14.3. The van der Waals surface area contributed by atoms with Gasteiger partial charge >= 0.3 is 0 Å². The fraction of sp³-hybridized carbons (Fsp3) is 0.538. The lowest BCUT2D eigenvalue weighted by atomic mass is 10.1. The van der Waals surface area contributed by atoms with Crippen molar-refractivity contribution in [2.45, 2.75) is 18.6 Å². The topological polar surface area (TPSA) is 69.8 Å². The lowest BCUT2D eigenvalue weighted by Crippen LogP contribution is -2.38. The maximum Gasteiger partial charge on any atom is 0.293 e. The van der Waals surface area contributed by atoms with Crippen LogP contribution in [0.25, 0.3) is 0 Å². The molecule has 2 atom stereocenters. The molecule has 116 valence electrons. The summed E-state index contributed by atoms with van der Waals surface area (Å²) in [5.74, 6) is -0.555. The third-order valence-corrected chi connectivity index (χ3v) is 4.10. The number of aliphatic hydroxyl groups excluding tert-OH is 1. The van der Waals surface area contributed by atoms with E-state index in [1.54, 1.807) is 4.90 Å². The Hall–Kier alpha value is -1.25. The summed E-state index contributed by atoms with van der Waals surface area (Å²) in [5, 5.41) is 21.1. The molecule has 8 heteroatoms. The van der Waals surface area contributed by atoms with Crippen molar-refractivity contribution in [2.75, 3.05) is 32.1 Å². The van der Waals surface area contributed by atoms with E-state index in [4.69, 9.17) is 0 Å². The van der Waals surface area contributed by atoms with Gasteiger partial charge in [-0.3, -0.25) is 10.1 Å². The minimum absolute atomic E-state index is 0.0573. The minimum atomic E-state index is -0.568. The second-order valence-corrected chi connectivity index (χ2v) is 6.32. The van der Waals surface area contributed by atoms with Crippen molar-refractivity contribution in [3.05, 3.63) is 32.5 Å². The highest BCUT2D eigenvalue weighted by molar-refractivity contribution is 9.10. The van der Waals surface area contributed by atoms with Crippen molar-refractivity contribution in [2.24, 2.45) is 0 Å². The van der Waals surface area contributed by atoms with Gasteiger partial charge in [0, 0.05) is 31.3 Å². The van der Waals surface area contributed by atoms with Crippen LogP contribution in [-0.2, 0) is 0 Å². The number of nitro groups is 1. The van der Waals surface area contributed by atoms with Gasteiger partial charge in [-0.05, 0) is 36.4 Å². The van der Waals surface area contributed by atoms with E-state index < -0.39 is 16.8 Å². The number of β-amino-alcohol motifs (C(OH)–C–C–N with tert-alkyl or cyclic N) is 1. The Morgan fingerprint density at radius 2 is 2.24 bits per heavy atom. The zero-order valence-electron chi connectivity index (χ0n) is 11.8. The predicted octanol–water partition coefficient (Wildman–Crippen LogP) is 2.00. The molecule has 0 aliphatic carbocycles. The van der Waals surface area contributed by atoms with Crippen LogP contribution >= 0.6 is 15.9 Å². The molecule has 6 nitrogen and oxygen atoms in total. The number of anilines is 1. The Balaban J connectivity index is 2.43. The molecule has 2 rings (SSSR count). The lowest BCUT2D eigenvalue weighted by molar-refractivity contribution is -0.384. The van der Waals surface area contributed by atoms with Crippen LogP contribution in [0.3, 0.4) is 0 Å². The van der Waals surface area contributed by atoms with E-state index in [-0.39, 0.29) is 28.4 Å². The summed E-state index contributed by atoms with van der Waals surface area (Å²) in [6, 6.07) is 2.24. The van der Waals surface area contributed by atoms with E-state index in [2.05, 4.69) is 15.9 Å². The SMILES string of the molecule is CN(C)CC1CC(O)CN1c1cc(F)c(Br)cc1[N+](=O)[O-]. The van der Waals surface area contributed by atoms with E-state index in [0.717, 1.165) is 6.07 Å². The van der Waals surface area contributed by atoms with Gasteiger partial charge in [0.2, 0.25) is 0 Å². The monoisotopic (exact) mass is 361 g/mol. The number of nitrogens with zero attached hydrogens (tertiary/aromatic N) is 3. The Kier molecular flexibility index (Phi) is 4.80. The van der Waals surface area contributed by atoms with Gasteiger partial charge in [-0.25, -0.2) is 4.39 Å². The van der Waals surface area contributed by atoms with E-state index in [1.165, 1.54) is 6.07 Å². The molecule has 1 aromatic carbocycles. The first-order valence-electron chi connectivity index (χ1n) is 6.52. The second-order valence-electron chi connectivity index (χ2n) is 5.47. The molecule has 0 aromatic heterocycles. The zero-order chi connectivity index (χ0) is 15.7. The predicted molar refractivity (Wildman–Crippen MR) is 81.1 cm³/mol. The van der Waals surface area contributed by atoms with Gasteiger partial charge < -0.3 is 14.9 Å². The van der Waals surface area contributed by atoms with Crippen LogP contribution in [0, 0.1) is 15.9 Å². The number of hydrogen-bond donors (Lipinski definition) is 1. The largest absolute Gasteiger partial charge is 0.391 e. The van der Waals surface area contributed by atoms with Crippen molar-refractivity contribution in [3.63, 3.8) is 0 Å². The van der Waals surface area contributed by atoms with E-state index in [1.807, 2.05) is 19.0 Å². The van der Waals surface area contributed by atoms with Crippen LogP contribution < -0.4 is 4.90 Å². The molecule has 1 saturated heterocycles. The standard InChI is InChI=1S/C13H17BrFN3O3/c1-16(2)6-8-3-9(19)7-17(8)12-5-11(15)10(14)4-13(12)18(20)21/h4-5,8-9,19H,3,6-7H2,1-2H3. The van der Waals surface area contributed by atoms with Crippen LogP contribution in [0.2, 0.25) is 0 Å². The van der Waals surface area contributed by atoms with Crippen molar-refractivity contribution >= 4 is 27.3 Å². The number of aliphatic hydroxyl groups is 1. The average Bonchev–Trinajstić information content (AvgIpc) is 2.71. The van der Waals surface area contributed by atoms with Gasteiger partial charge in [-0.1, -0.05) is 0 Å². The fourth-order valence-electron chi connectivity index (χ4n) is 2.68. The van der Waals surface area contributed by atoms with Crippen LogP contribution in [-0.4, -0.2) is 54.3 Å². The van der Waals surface area contributed by atoms with Crippen LogP contribution in [0.15, 0.2) is 16.6 Å². The molecule has 0 amide bonds. The van der Waals surface area contributed by atoms with Gasteiger partial charge in [0.15, 0.2) is 0 Å². The zero-order valence-corrected chi connectivity index (χ0v) is 13.4. The number of hydrogen-bond acceptors (Lipinski definition) is 5. The molecule has 1 aromatic rings. The maximum atomic E-state index is 13.8. The lowest BCUT2D eigenvalue weighted by Gasteiger charge is -2.28. The Labute approximate surface area is 130 Å². The number of nitro benzene ring substituents is 1. The third kappa shape index (κ3) is 3.50. The summed E-state index contributed by atoms with van der Waals surface area (Å²) in [6.07, 6.45) is -0.0613. The highest BCUT2D eigenvalue weighted by Gasteiger charge is 2.35. The first-order valence-corrected chi connectivity index (χ1v) is 7.31. The van der Waals surface area contributed by atoms with Crippen molar-refractivity contribution in [1.29, 1.82) is 0 Å². The van der Waals surface area contributed by atoms with Crippen LogP contribution in [0.4, 0.5) is 15.8 Å². The maximum absolute atomic E-state index is 13.8. The number of rotatable bonds is 4. The normalized spacial score (nSPS) is 22.1. The van der Waals surface area contributed by atoms with Gasteiger partial charge in [0.25, 0.3) is 5.69 Å². The minimum Gasteiger partial charge on any atom is -0.391 e. The van der Waals surface area contributed by atoms with E-state index >= 15 is 0 Å². The smallest absolute Gasteiger partial charge is 0.293 e. The molecule has 2 unspecified atom stereocenters. The number of halogens is 2.